The van der Waals surface area contributed by atoms with Crippen molar-refractivity contribution in [1.29, 1.82) is 0 Å². The molecule has 5 aliphatic rings. The van der Waals surface area contributed by atoms with Gasteiger partial charge in [-0.1, -0.05) is 57.9 Å². The van der Waals surface area contributed by atoms with Crippen LogP contribution in [-0.4, -0.2) is 45.7 Å². The molecular weight excluding hydrogens is 440 g/mol. The van der Waals surface area contributed by atoms with Gasteiger partial charge in [0.25, 0.3) is 0 Å². The number of Topliss-reactive ketones (excluding diaryl/α,β-unsaturated/α-hetero) is 2. The molecule has 0 unspecified atom stereocenters. The van der Waals surface area contributed by atoms with Gasteiger partial charge in [0.15, 0.2) is 5.78 Å². The fourth-order valence-corrected chi connectivity index (χ4v) is 9.82. The summed E-state index contributed by atoms with van der Waals surface area (Å²) in [5.74, 6) is -0.182. The lowest BCUT2D eigenvalue weighted by Crippen LogP contribution is -2.65. The van der Waals surface area contributed by atoms with E-state index in [1.165, 1.54) is 5.57 Å². The van der Waals surface area contributed by atoms with Crippen LogP contribution in [0.1, 0.15) is 87.5 Å². The lowest BCUT2D eigenvalue weighted by molar-refractivity contribution is -0.200. The van der Waals surface area contributed by atoms with E-state index in [9.17, 15) is 19.8 Å². The first-order valence-corrected chi connectivity index (χ1v) is 13.5. The van der Waals surface area contributed by atoms with Crippen LogP contribution < -0.4 is 0 Å². The molecule has 2 N–H and O–H groups in total. The number of carbonyl (C=O) groups excluding carboxylic acids is 2. The third-order valence-electron chi connectivity index (χ3n) is 11.6. The van der Waals surface area contributed by atoms with Crippen molar-refractivity contribution in [3.05, 3.63) is 23.3 Å². The van der Waals surface area contributed by atoms with Gasteiger partial charge in [-0.2, -0.15) is 0 Å². The summed E-state index contributed by atoms with van der Waals surface area (Å²) in [7, 11) is 0. The number of ketones is 2. The van der Waals surface area contributed by atoms with Crippen LogP contribution in [0.3, 0.4) is 0 Å². The van der Waals surface area contributed by atoms with Gasteiger partial charge >= 0.3 is 0 Å². The van der Waals surface area contributed by atoms with E-state index in [-0.39, 0.29) is 53.4 Å². The Balaban J connectivity index is 1.61. The summed E-state index contributed by atoms with van der Waals surface area (Å²) in [6.07, 6.45) is 5.82. The molecule has 10 atom stereocenters. The monoisotopic (exact) mass is 484 g/mol. The average molecular weight is 485 g/mol. The Bertz CT molecular complexity index is 1030. The number of aliphatic hydroxyl groups excluding tert-OH is 1. The van der Waals surface area contributed by atoms with E-state index < -0.39 is 27.9 Å². The molecule has 5 rings (SSSR count). The molecule has 1 heterocycles. The van der Waals surface area contributed by atoms with Crippen LogP contribution in [0.2, 0.25) is 0 Å². The second-order valence-corrected chi connectivity index (χ2v) is 14.2. The fraction of sp³-hybridized carbons (Fsp3) is 0.800. The lowest BCUT2D eigenvalue weighted by Gasteiger charge is -2.64. The lowest BCUT2D eigenvalue weighted by atomic mass is 9.38. The molecule has 4 fully saturated rings. The van der Waals surface area contributed by atoms with Crippen molar-refractivity contribution in [2.75, 3.05) is 0 Å². The van der Waals surface area contributed by atoms with Gasteiger partial charge < -0.3 is 14.9 Å². The van der Waals surface area contributed by atoms with Crippen molar-refractivity contribution in [3.8, 4) is 0 Å². The number of allylic oxidation sites excluding steroid dienone is 2. The van der Waals surface area contributed by atoms with Gasteiger partial charge in [-0.3, -0.25) is 9.59 Å². The van der Waals surface area contributed by atoms with Crippen LogP contribution in [0.25, 0.3) is 0 Å². The number of fused-ring (bicyclic) bond motifs is 7. The third kappa shape index (κ3) is 3.10. The highest BCUT2D eigenvalue weighted by molar-refractivity contribution is 5.92. The maximum absolute atomic E-state index is 14.3. The van der Waals surface area contributed by atoms with Crippen LogP contribution in [-0.2, 0) is 14.3 Å². The molecule has 0 bridgehead atoms. The molecule has 0 radical (unpaired) electrons. The molecule has 5 heteroatoms. The Hall–Kier alpha value is -1.30. The van der Waals surface area contributed by atoms with Crippen LogP contribution in [0.15, 0.2) is 23.3 Å². The van der Waals surface area contributed by atoms with E-state index in [0.717, 1.165) is 18.4 Å². The highest BCUT2D eigenvalue weighted by Crippen LogP contribution is 2.75. The zero-order valence-corrected chi connectivity index (χ0v) is 22.8. The van der Waals surface area contributed by atoms with E-state index in [1.54, 1.807) is 0 Å². The summed E-state index contributed by atoms with van der Waals surface area (Å²) in [6, 6.07) is 0. The molecule has 3 saturated carbocycles. The summed E-state index contributed by atoms with van der Waals surface area (Å²) >= 11 is 0. The molecular formula is C30H44O5. The second kappa shape index (κ2) is 7.39. The smallest absolute Gasteiger partial charge is 0.162 e. The number of hydrogen-bond acceptors (Lipinski definition) is 5. The van der Waals surface area contributed by atoms with Gasteiger partial charge in [0.2, 0.25) is 0 Å². The van der Waals surface area contributed by atoms with E-state index >= 15 is 0 Å². The van der Waals surface area contributed by atoms with Crippen LogP contribution >= 0.6 is 0 Å². The van der Waals surface area contributed by atoms with Gasteiger partial charge in [-0.15, -0.1) is 0 Å². The molecule has 35 heavy (non-hydrogen) atoms. The van der Waals surface area contributed by atoms with Crippen molar-refractivity contribution in [2.24, 2.45) is 39.4 Å². The number of aliphatic hydroxyl groups is 2. The Morgan fingerprint density at radius 1 is 1.06 bits per heavy atom. The predicted molar refractivity (Wildman–Crippen MR) is 134 cm³/mol. The summed E-state index contributed by atoms with van der Waals surface area (Å²) in [5.41, 5.74) is -0.614. The number of ether oxygens (including phenoxy) is 1. The van der Waals surface area contributed by atoms with Gasteiger partial charge in [0, 0.05) is 36.0 Å². The van der Waals surface area contributed by atoms with Crippen molar-refractivity contribution < 1.29 is 24.5 Å². The van der Waals surface area contributed by atoms with Crippen molar-refractivity contribution in [3.63, 3.8) is 0 Å². The molecule has 0 amide bonds. The number of rotatable bonds is 1. The van der Waals surface area contributed by atoms with Gasteiger partial charge in [0.05, 0.1) is 17.8 Å². The van der Waals surface area contributed by atoms with E-state index in [4.69, 9.17) is 4.74 Å². The molecule has 194 valence electrons. The third-order valence-corrected chi connectivity index (χ3v) is 11.6. The maximum atomic E-state index is 14.3. The second-order valence-electron chi connectivity index (χ2n) is 14.2. The van der Waals surface area contributed by atoms with E-state index in [2.05, 4.69) is 46.8 Å². The highest BCUT2D eigenvalue weighted by atomic mass is 16.5. The van der Waals surface area contributed by atoms with Crippen LogP contribution in [0, 0.1) is 39.4 Å². The minimum atomic E-state index is -1.02. The predicted octanol–water partition coefficient (Wildman–Crippen LogP) is 4.80. The molecule has 0 aromatic rings. The first-order valence-electron chi connectivity index (χ1n) is 13.5. The molecule has 0 spiro atoms. The van der Waals surface area contributed by atoms with Crippen molar-refractivity contribution >= 4 is 11.6 Å². The number of hydrogen-bond donors (Lipinski definition) is 2. The average Bonchev–Trinajstić information content (AvgIpc) is 2.93. The largest absolute Gasteiger partial charge is 0.390 e. The molecule has 0 aromatic carbocycles. The zero-order valence-electron chi connectivity index (χ0n) is 22.8. The van der Waals surface area contributed by atoms with Crippen molar-refractivity contribution in [1.82, 2.24) is 0 Å². The minimum Gasteiger partial charge on any atom is -0.390 e. The summed E-state index contributed by atoms with van der Waals surface area (Å²) in [5, 5.41) is 22.5. The summed E-state index contributed by atoms with van der Waals surface area (Å²) in [4.78, 5) is 27.2. The topological polar surface area (TPSA) is 83.8 Å². The maximum Gasteiger partial charge on any atom is 0.162 e. The first kappa shape index (κ1) is 25.4. The Morgan fingerprint density at radius 3 is 2.34 bits per heavy atom. The summed E-state index contributed by atoms with van der Waals surface area (Å²) < 4.78 is 6.65. The van der Waals surface area contributed by atoms with Crippen LogP contribution in [0.5, 0.6) is 0 Å². The zero-order chi connectivity index (χ0) is 25.9. The fourth-order valence-electron chi connectivity index (χ4n) is 9.82. The quantitative estimate of drug-likeness (QED) is 0.523. The van der Waals surface area contributed by atoms with Gasteiger partial charge in [-0.25, -0.2) is 0 Å². The molecule has 4 aliphatic carbocycles. The highest BCUT2D eigenvalue weighted by Gasteiger charge is 2.75. The Labute approximate surface area is 210 Å². The first-order chi connectivity index (χ1) is 16.0. The van der Waals surface area contributed by atoms with Crippen LogP contribution in [0.4, 0.5) is 0 Å². The van der Waals surface area contributed by atoms with Gasteiger partial charge in [0.1, 0.15) is 11.9 Å². The Kier molecular flexibility index (Phi) is 5.35. The molecule has 1 saturated heterocycles. The summed E-state index contributed by atoms with van der Waals surface area (Å²) in [6.45, 7) is 16.6. The SMILES string of the molecule is CC(C)=C[C@H]1C[C@](C)(O)[C@@H]2[C@@H](C[C@@]3(C)[C@@H]4CC=C5[C@@H](CC(=O)[C@@H](O)C5(C)C)[C@]4(C)C(=O)C[C@]23C)O1. The van der Waals surface area contributed by atoms with E-state index in [1.807, 2.05) is 20.8 Å². The minimum absolute atomic E-state index is 0.0562. The number of carbonyl (C=O) groups is 2. The van der Waals surface area contributed by atoms with E-state index in [0.29, 0.717) is 12.8 Å². The molecule has 1 aliphatic heterocycles. The normalized spacial score (nSPS) is 52.6. The molecule has 0 aromatic heterocycles. The van der Waals surface area contributed by atoms with Crippen molar-refractivity contribution in [2.45, 2.75) is 111 Å². The van der Waals surface area contributed by atoms with Gasteiger partial charge in [-0.05, 0) is 56.3 Å². The standard InChI is InChI=1S/C30H44O5/c1-16(2)11-17-13-29(7,34)24-21(35-17)14-27(5)22-10-9-18-19(12-20(31)25(33)26(18,3)4)30(22,8)23(32)15-28(24,27)6/h9,11,17,19,21-22,24-25,33-34H,10,12-15H2,1-8H3/t17-,19+,21+,22-,24+,25+,27-,28+,29-,30-/m0/s1. The Morgan fingerprint density at radius 2 is 1.71 bits per heavy atom. The molecule has 5 nitrogen and oxygen atoms in total.